The number of fused-ring (bicyclic) bond motifs is 1. The second kappa shape index (κ2) is 7.18. The minimum absolute atomic E-state index is 0.340. The number of morpholine rings is 2. The molecule has 3 unspecified atom stereocenters. The van der Waals surface area contributed by atoms with Gasteiger partial charge in [0.05, 0.1) is 25.4 Å². The van der Waals surface area contributed by atoms with Crippen LogP contribution in [0.2, 0.25) is 0 Å². The predicted molar refractivity (Wildman–Crippen MR) is 79.1 cm³/mol. The average Bonchev–Trinajstić information content (AvgIpc) is 2.95. The Labute approximate surface area is 122 Å². The van der Waals surface area contributed by atoms with Crippen molar-refractivity contribution in [3.05, 3.63) is 0 Å². The maximum atomic E-state index is 5.97. The first-order valence-corrected chi connectivity index (χ1v) is 8.25. The molecule has 5 heteroatoms. The lowest BCUT2D eigenvalue weighted by molar-refractivity contribution is -0.0523. The zero-order valence-electron chi connectivity index (χ0n) is 12.7. The lowest BCUT2D eigenvalue weighted by atomic mass is 10.2. The normalized spacial score (nSPS) is 36.1. The van der Waals surface area contributed by atoms with Gasteiger partial charge in [0.25, 0.3) is 0 Å². The molecule has 1 N–H and O–H groups in total. The van der Waals surface area contributed by atoms with E-state index in [4.69, 9.17) is 9.47 Å². The largest absolute Gasteiger partial charge is 0.374 e. The van der Waals surface area contributed by atoms with Gasteiger partial charge < -0.3 is 14.8 Å². The van der Waals surface area contributed by atoms with E-state index in [0.717, 1.165) is 52.5 Å². The van der Waals surface area contributed by atoms with Crippen LogP contribution in [0.3, 0.4) is 0 Å². The van der Waals surface area contributed by atoms with Crippen molar-refractivity contribution < 1.29 is 9.47 Å². The van der Waals surface area contributed by atoms with Crippen molar-refractivity contribution >= 4 is 0 Å². The molecule has 20 heavy (non-hydrogen) atoms. The van der Waals surface area contributed by atoms with Crippen LogP contribution >= 0.6 is 0 Å². The zero-order valence-corrected chi connectivity index (χ0v) is 12.7. The Morgan fingerprint density at radius 2 is 1.95 bits per heavy atom. The lowest BCUT2D eigenvalue weighted by Gasteiger charge is -2.36. The number of ether oxygens (including phenoxy) is 2. The van der Waals surface area contributed by atoms with Gasteiger partial charge in [0.2, 0.25) is 0 Å². The summed E-state index contributed by atoms with van der Waals surface area (Å²) in [6, 6.07) is 0.700. The maximum Gasteiger partial charge on any atom is 0.0827 e. The zero-order chi connectivity index (χ0) is 13.8. The highest BCUT2D eigenvalue weighted by atomic mass is 16.5. The highest BCUT2D eigenvalue weighted by molar-refractivity contribution is 4.86. The van der Waals surface area contributed by atoms with Crippen LogP contribution in [0.15, 0.2) is 0 Å². The standard InChI is InChI=1S/C15H29N3O2/c1-2-17-6-7-19-14(10-17)8-16-9-15-11-18-5-3-4-13(18)12-20-15/h13-16H,2-12H2,1H3. The quantitative estimate of drug-likeness (QED) is 0.778. The van der Waals surface area contributed by atoms with Gasteiger partial charge in [-0.2, -0.15) is 0 Å². The molecule has 3 aliphatic rings. The van der Waals surface area contributed by atoms with Gasteiger partial charge in [0.15, 0.2) is 0 Å². The van der Waals surface area contributed by atoms with E-state index in [-0.39, 0.29) is 0 Å². The summed E-state index contributed by atoms with van der Waals surface area (Å²) >= 11 is 0. The fourth-order valence-electron chi connectivity index (χ4n) is 3.61. The summed E-state index contributed by atoms with van der Waals surface area (Å²) < 4.78 is 11.8. The molecule has 0 aromatic heterocycles. The van der Waals surface area contributed by atoms with E-state index in [2.05, 4.69) is 22.0 Å². The number of rotatable bonds is 5. The third-order valence-electron chi connectivity index (χ3n) is 4.88. The van der Waals surface area contributed by atoms with E-state index in [0.29, 0.717) is 18.2 Å². The maximum absolute atomic E-state index is 5.97. The van der Waals surface area contributed by atoms with Gasteiger partial charge in [-0.1, -0.05) is 6.92 Å². The summed E-state index contributed by atoms with van der Waals surface area (Å²) in [4.78, 5) is 5.06. The van der Waals surface area contributed by atoms with Crippen molar-refractivity contribution in [1.82, 2.24) is 15.1 Å². The van der Waals surface area contributed by atoms with Gasteiger partial charge in [0, 0.05) is 38.8 Å². The van der Waals surface area contributed by atoms with Crippen LogP contribution in [0.5, 0.6) is 0 Å². The first-order chi connectivity index (χ1) is 9.85. The van der Waals surface area contributed by atoms with Gasteiger partial charge in [-0.05, 0) is 25.9 Å². The Morgan fingerprint density at radius 1 is 1.10 bits per heavy atom. The van der Waals surface area contributed by atoms with E-state index >= 15 is 0 Å². The Morgan fingerprint density at radius 3 is 2.80 bits per heavy atom. The number of likely N-dealkylation sites (N-methyl/N-ethyl adjacent to an activating group) is 1. The summed E-state index contributed by atoms with van der Waals surface area (Å²) in [5, 5.41) is 3.55. The monoisotopic (exact) mass is 283 g/mol. The van der Waals surface area contributed by atoms with Crippen molar-refractivity contribution in [2.45, 2.75) is 38.0 Å². The van der Waals surface area contributed by atoms with Crippen molar-refractivity contribution in [3.8, 4) is 0 Å². The van der Waals surface area contributed by atoms with Crippen LogP contribution in [0.1, 0.15) is 19.8 Å². The number of hydrogen-bond acceptors (Lipinski definition) is 5. The van der Waals surface area contributed by atoms with Crippen molar-refractivity contribution in [3.63, 3.8) is 0 Å². The second-order valence-electron chi connectivity index (χ2n) is 6.29. The molecule has 3 fully saturated rings. The number of nitrogens with one attached hydrogen (secondary N) is 1. The molecule has 0 radical (unpaired) electrons. The fraction of sp³-hybridized carbons (Fsp3) is 1.00. The van der Waals surface area contributed by atoms with Gasteiger partial charge in [-0.25, -0.2) is 0 Å². The van der Waals surface area contributed by atoms with Crippen LogP contribution in [-0.4, -0.2) is 87.1 Å². The molecule has 0 aliphatic carbocycles. The molecule has 0 saturated carbocycles. The molecule has 3 aliphatic heterocycles. The van der Waals surface area contributed by atoms with E-state index in [1.165, 1.54) is 19.4 Å². The smallest absolute Gasteiger partial charge is 0.0827 e. The van der Waals surface area contributed by atoms with Crippen LogP contribution in [0.25, 0.3) is 0 Å². The van der Waals surface area contributed by atoms with E-state index in [1.54, 1.807) is 0 Å². The minimum Gasteiger partial charge on any atom is -0.374 e. The van der Waals surface area contributed by atoms with E-state index < -0.39 is 0 Å². The van der Waals surface area contributed by atoms with Crippen LogP contribution in [0.4, 0.5) is 0 Å². The summed E-state index contributed by atoms with van der Waals surface area (Å²) in [6.45, 7) is 11.5. The third kappa shape index (κ3) is 3.71. The van der Waals surface area contributed by atoms with E-state index in [9.17, 15) is 0 Å². The molecule has 0 aromatic rings. The molecule has 116 valence electrons. The first-order valence-electron chi connectivity index (χ1n) is 8.25. The Hall–Kier alpha value is -0.200. The van der Waals surface area contributed by atoms with Crippen molar-refractivity contribution in [1.29, 1.82) is 0 Å². The molecule has 5 nitrogen and oxygen atoms in total. The molecule has 3 saturated heterocycles. The molecule has 3 heterocycles. The fourth-order valence-corrected chi connectivity index (χ4v) is 3.61. The minimum atomic E-state index is 0.340. The van der Waals surface area contributed by atoms with Crippen molar-refractivity contribution in [2.24, 2.45) is 0 Å². The molecule has 0 aromatic carbocycles. The van der Waals surface area contributed by atoms with Gasteiger partial charge in [-0.3, -0.25) is 9.80 Å². The average molecular weight is 283 g/mol. The summed E-state index contributed by atoms with van der Waals surface area (Å²) in [7, 11) is 0. The molecular formula is C15H29N3O2. The molecule has 0 spiro atoms. The second-order valence-corrected chi connectivity index (χ2v) is 6.29. The SMILES string of the molecule is CCN1CCOC(CNCC2CN3CCCC3CO2)C1. The summed E-state index contributed by atoms with van der Waals surface area (Å²) in [5.74, 6) is 0. The highest BCUT2D eigenvalue weighted by Crippen LogP contribution is 2.22. The van der Waals surface area contributed by atoms with Gasteiger partial charge in [-0.15, -0.1) is 0 Å². The van der Waals surface area contributed by atoms with Crippen LogP contribution in [0, 0.1) is 0 Å². The van der Waals surface area contributed by atoms with Gasteiger partial charge in [0.1, 0.15) is 0 Å². The topological polar surface area (TPSA) is 37.0 Å². The molecule has 0 amide bonds. The Balaban J connectivity index is 1.33. The predicted octanol–water partition coefficient (Wildman–Crippen LogP) is 0.160. The Bertz CT molecular complexity index is 303. The van der Waals surface area contributed by atoms with Gasteiger partial charge >= 0.3 is 0 Å². The van der Waals surface area contributed by atoms with Crippen molar-refractivity contribution in [2.75, 3.05) is 59.0 Å². The molecular weight excluding hydrogens is 254 g/mol. The van der Waals surface area contributed by atoms with Crippen LogP contribution < -0.4 is 5.32 Å². The highest BCUT2D eigenvalue weighted by Gasteiger charge is 2.32. The summed E-state index contributed by atoms with van der Waals surface area (Å²) in [6.07, 6.45) is 3.36. The number of hydrogen-bond donors (Lipinski definition) is 1. The molecule has 3 atom stereocenters. The molecule has 3 rings (SSSR count). The summed E-state index contributed by atoms with van der Waals surface area (Å²) in [5.41, 5.74) is 0. The number of nitrogens with zero attached hydrogens (tertiary/aromatic N) is 2. The lowest BCUT2D eigenvalue weighted by Crippen LogP contribution is -2.51. The first kappa shape index (κ1) is 14.7. The Kier molecular flexibility index (Phi) is 5.29. The third-order valence-corrected chi connectivity index (χ3v) is 4.88. The van der Waals surface area contributed by atoms with E-state index in [1.807, 2.05) is 0 Å². The van der Waals surface area contributed by atoms with Crippen LogP contribution in [-0.2, 0) is 9.47 Å². The molecule has 0 bridgehead atoms.